The van der Waals surface area contributed by atoms with Crippen molar-refractivity contribution in [3.05, 3.63) is 71.3 Å². The molecule has 4 aliphatic carbocycles. The van der Waals surface area contributed by atoms with E-state index in [2.05, 4.69) is 40.7 Å². The third-order valence-corrected chi connectivity index (χ3v) is 13.9. The summed E-state index contributed by atoms with van der Waals surface area (Å²) >= 11 is 0. The highest BCUT2D eigenvalue weighted by atomic mass is 16.5. The van der Waals surface area contributed by atoms with Gasteiger partial charge in [-0.05, 0) is 153 Å². The van der Waals surface area contributed by atoms with Crippen LogP contribution in [0.25, 0.3) is 0 Å². The lowest BCUT2D eigenvalue weighted by Crippen LogP contribution is -2.51. The lowest BCUT2D eigenvalue weighted by molar-refractivity contribution is -0.151. The smallest absolute Gasteiger partial charge is 0.343 e. The van der Waals surface area contributed by atoms with Crippen LogP contribution in [-0.4, -0.2) is 24.6 Å². The molecule has 0 aromatic heterocycles. The number of allylic oxidation sites excluding steroid dienone is 1. The van der Waals surface area contributed by atoms with E-state index in [-0.39, 0.29) is 17.5 Å². The highest BCUT2D eigenvalue weighted by Crippen LogP contribution is 2.67. The first kappa shape index (κ1) is 38.1. The largest absolute Gasteiger partial charge is 0.494 e. The van der Waals surface area contributed by atoms with E-state index < -0.39 is 5.97 Å². The SMILES string of the molecule is CC(C)CCC[C@@H](C)[C@H]1CC[C@H]2[C@@H]3CC=C4C[C@@H](OC(=O)CCCCOc5ccc(OC(=O)c6ccc(C#N)cc6)cc5)CC[C@]4(C)[C@H]3CC[C@]12C. The molecule has 2 aromatic carbocycles. The second kappa shape index (κ2) is 16.6. The summed E-state index contributed by atoms with van der Waals surface area (Å²) < 4.78 is 17.4. The third-order valence-electron chi connectivity index (χ3n) is 13.9. The lowest BCUT2D eigenvalue weighted by atomic mass is 9.47. The molecule has 0 saturated heterocycles. The summed E-state index contributed by atoms with van der Waals surface area (Å²) in [6.45, 7) is 13.0. The standard InChI is InChI=1S/C46H61NO5/c1-31(2)9-8-10-32(3)40-22-23-41-39-21-16-35-29-38(24-26-45(35,4)42(39)25-27-46(40,41)5)51-43(48)11-6-7-28-50-36-17-19-37(20-18-36)52-44(49)34-14-12-33(30-47)13-15-34/h12-20,31-32,38-42H,6-11,21-29H2,1-5H3/t32-,38+,39+,40-,41+,42+,45+,46-/m1/s1. The van der Waals surface area contributed by atoms with Crippen molar-refractivity contribution < 1.29 is 23.8 Å². The van der Waals surface area contributed by atoms with Crippen LogP contribution in [0.1, 0.15) is 140 Å². The Labute approximate surface area is 312 Å². The van der Waals surface area contributed by atoms with Crippen LogP contribution in [0.15, 0.2) is 60.2 Å². The number of esters is 2. The maximum absolute atomic E-state index is 12.9. The molecule has 8 atom stereocenters. The molecule has 0 N–H and O–H groups in total. The molecule has 52 heavy (non-hydrogen) atoms. The summed E-state index contributed by atoms with van der Waals surface area (Å²) in [5, 5.41) is 8.93. The number of benzene rings is 2. The molecular formula is C46H61NO5. The second-order valence-corrected chi connectivity index (χ2v) is 17.5. The van der Waals surface area contributed by atoms with Crippen LogP contribution >= 0.6 is 0 Å². The predicted octanol–water partition coefficient (Wildman–Crippen LogP) is 11.3. The minimum absolute atomic E-state index is 0.000517. The Morgan fingerprint density at radius 3 is 2.35 bits per heavy atom. The van der Waals surface area contributed by atoms with Gasteiger partial charge in [-0.3, -0.25) is 4.79 Å². The zero-order valence-electron chi connectivity index (χ0n) is 32.3. The van der Waals surface area contributed by atoms with Crippen molar-refractivity contribution in [3.8, 4) is 17.6 Å². The van der Waals surface area contributed by atoms with E-state index in [1.807, 2.05) is 6.07 Å². The maximum atomic E-state index is 12.9. The summed E-state index contributed by atoms with van der Waals surface area (Å²) in [7, 11) is 0. The topological polar surface area (TPSA) is 85.6 Å². The van der Waals surface area contributed by atoms with Gasteiger partial charge in [0, 0.05) is 12.8 Å². The highest BCUT2D eigenvalue weighted by Gasteiger charge is 2.59. The Morgan fingerprint density at radius 1 is 0.865 bits per heavy atom. The van der Waals surface area contributed by atoms with Gasteiger partial charge in [0.2, 0.25) is 0 Å². The van der Waals surface area contributed by atoms with Gasteiger partial charge in [-0.15, -0.1) is 0 Å². The van der Waals surface area contributed by atoms with Gasteiger partial charge >= 0.3 is 11.9 Å². The van der Waals surface area contributed by atoms with Gasteiger partial charge in [-0.25, -0.2) is 4.79 Å². The number of carbonyl (C=O) groups excluding carboxylic acids is 2. The van der Waals surface area contributed by atoms with Crippen LogP contribution < -0.4 is 9.47 Å². The summed E-state index contributed by atoms with van der Waals surface area (Å²) in [6, 6.07) is 15.3. The number of hydrogen-bond donors (Lipinski definition) is 0. The molecule has 0 unspecified atom stereocenters. The Hall–Kier alpha value is -3.59. The highest BCUT2D eigenvalue weighted by molar-refractivity contribution is 5.91. The summed E-state index contributed by atoms with van der Waals surface area (Å²) in [4.78, 5) is 25.3. The lowest BCUT2D eigenvalue weighted by Gasteiger charge is -2.58. The van der Waals surface area contributed by atoms with Crippen LogP contribution in [0.2, 0.25) is 0 Å². The molecule has 3 fully saturated rings. The van der Waals surface area contributed by atoms with Crippen molar-refractivity contribution in [2.45, 2.75) is 131 Å². The monoisotopic (exact) mass is 707 g/mol. The first-order valence-corrected chi connectivity index (χ1v) is 20.3. The van der Waals surface area contributed by atoms with E-state index in [0.717, 1.165) is 61.2 Å². The van der Waals surface area contributed by atoms with Crippen LogP contribution in [0.3, 0.4) is 0 Å². The number of unbranched alkanes of at least 4 members (excludes halogenated alkanes) is 1. The molecule has 0 aliphatic heterocycles. The molecule has 3 saturated carbocycles. The van der Waals surface area contributed by atoms with Gasteiger partial charge in [0.15, 0.2) is 0 Å². The Kier molecular flexibility index (Phi) is 12.2. The van der Waals surface area contributed by atoms with E-state index >= 15 is 0 Å². The average Bonchev–Trinajstić information content (AvgIpc) is 3.49. The molecule has 0 heterocycles. The Bertz CT molecular complexity index is 1600. The van der Waals surface area contributed by atoms with Crippen molar-refractivity contribution in [3.63, 3.8) is 0 Å². The molecule has 0 bridgehead atoms. The van der Waals surface area contributed by atoms with Crippen LogP contribution in [-0.2, 0) is 9.53 Å². The minimum atomic E-state index is -0.483. The first-order valence-electron chi connectivity index (χ1n) is 20.3. The van der Waals surface area contributed by atoms with E-state index in [1.165, 1.54) is 51.4 Å². The number of carbonyl (C=O) groups is 2. The zero-order chi connectivity index (χ0) is 36.9. The molecule has 0 amide bonds. The number of nitriles is 1. The molecule has 6 rings (SSSR count). The Morgan fingerprint density at radius 2 is 1.62 bits per heavy atom. The first-order chi connectivity index (χ1) is 25.0. The van der Waals surface area contributed by atoms with Crippen molar-refractivity contribution in [1.29, 1.82) is 5.26 Å². The third kappa shape index (κ3) is 8.45. The number of fused-ring (bicyclic) bond motifs is 5. The average molecular weight is 708 g/mol. The van der Waals surface area contributed by atoms with Gasteiger partial charge in [-0.2, -0.15) is 5.26 Å². The summed E-state index contributed by atoms with van der Waals surface area (Å²) in [6.07, 6.45) is 18.5. The number of ether oxygens (including phenoxy) is 3. The minimum Gasteiger partial charge on any atom is -0.494 e. The van der Waals surface area contributed by atoms with Gasteiger partial charge < -0.3 is 14.2 Å². The fourth-order valence-electron chi connectivity index (χ4n) is 11.0. The molecule has 4 aliphatic rings. The van der Waals surface area contributed by atoms with E-state index in [0.29, 0.717) is 47.5 Å². The predicted molar refractivity (Wildman–Crippen MR) is 205 cm³/mol. The van der Waals surface area contributed by atoms with Crippen molar-refractivity contribution in [2.75, 3.05) is 6.61 Å². The van der Waals surface area contributed by atoms with Crippen LogP contribution in [0.4, 0.5) is 0 Å². The van der Waals surface area contributed by atoms with Gasteiger partial charge in [-0.1, -0.05) is 65.5 Å². The van der Waals surface area contributed by atoms with Crippen LogP contribution in [0.5, 0.6) is 11.5 Å². The number of nitrogens with zero attached hydrogens (tertiary/aromatic N) is 1. The number of rotatable bonds is 14. The van der Waals surface area contributed by atoms with Gasteiger partial charge in [0.25, 0.3) is 0 Å². The zero-order valence-corrected chi connectivity index (χ0v) is 32.3. The number of hydrogen-bond acceptors (Lipinski definition) is 6. The molecule has 280 valence electrons. The fraction of sp³-hybridized carbons (Fsp3) is 0.630. The fourth-order valence-corrected chi connectivity index (χ4v) is 11.0. The van der Waals surface area contributed by atoms with E-state index in [4.69, 9.17) is 19.5 Å². The molecule has 2 aromatic rings. The quantitative estimate of drug-likeness (QED) is 0.0841. The molecular weight excluding hydrogens is 647 g/mol. The second-order valence-electron chi connectivity index (χ2n) is 17.5. The van der Waals surface area contributed by atoms with E-state index in [9.17, 15) is 9.59 Å². The molecule has 0 spiro atoms. The normalized spacial score (nSPS) is 29.9. The molecule has 6 nitrogen and oxygen atoms in total. The summed E-state index contributed by atoms with van der Waals surface area (Å²) in [5.41, 5.74) is 3.21. The summed E-state index contributed by atoms with van der Waals surface area (Å²) in [5.74, 6) is 5.51. The van der Waals surface area contributed by atoms with E-state index in [1.54, 1.807) is 54.1 Å². The van der Waals surface area contributed by atoms with Gasteiger partial charge in [0.1, 0.15) is 17.6 Å². The van der Waals surface area contributed by atoms with Crippen molar-refractivity contribution >= 4 is 11.9 Å². The van der Waals surface area contributed by atoms with Gasteiger partial charge in [0.05, 0.1) is 23.8 Å². The molecule has 6 heteroatoms. The van der Waals surface area contributed by atoms with Crippen molar-refractivity contribution in [1.82, 2.24) is 0 Å². The van der Waals surface area contributed by atoms with Crippen LogP contribution in [0, 0.1) is 57.7 Å². The Balaban J connectivity index is 0.910. The van der Waals surface area contributed by atoms with Crippen molar-refractivity contribution in [2.24, 2.45) is 46.3 Å². The maximum Gasteiger partial charge on any atom is 0.343 e. The molecule has 0 radical (unpaired) electrons.